The van der Waals surface area contributed by atoms with Gasteiger partial charge in [0.1, 0.15) is 11.3 Å². The number of aliphatic imine (C=N–C) groups is 1. The molecule has 21 heavy (non-hydrogen) atoms. The molecule has 112 valence electrons. The molecule has 0 spiro atoms. The highest BCUT2D eigenvalue weighted by Gasteiger charge is 2.39. The van der Waals surface area contributed by atoms with E-state index in [-0.39, 0.29) is 0 Å². The van der Waals surface area contributed by atoms with E-state index in [1.165, 1.54) is 18.4 Å². The molecule has 0 aliphatic heterocycles. The molecule has 1 aromatic carbocycles. The summed E-state index contributed by atoms with van der Waals surface area (Å²) in [6.07, 6.45) is 8.43. The van der Waals surface area contributed by atoms with Gasteiger partial charge in [-0.3, -0.25) is 0 Å². The molecule has 2 saturated carbocycles. The molecule has 0 N–H and O–H groups in total. The standard InChI is InChI=1S/C18H23NO2/c1-13-9-14(2)17(21-11-15-5-6-15)16(10-13)18(19-12-20)7-3-4-8-18/h9-10,15H,3-8,11H2,1-2H3. The summed E-state index contributed by atoms with van der Waals surface area (Å²) in [4.78, 5) is 15.2. The van der Waals surface area contributed by atoms with Gasteiger partial charge in [0, 0.05) is 5.56 Å². The first-order valence-electron chi connectivity index (χ1n) is 7.98. The molecular formula is C18H23NO2. The Kier molecular flexibility index (Phi) is 3.86. The molecule has 0 bridgehead atoms. The van der Waals surface area contributed by atoms with E-state index in [9.17, 15) is 4.79 Å². The van der Waals surface area contributed by atoms with Crippen molar-refractivity contribution in [3.05, 3.63) is 28.8 Å². The zero-order valence-corrected chi connectivity index (χ0v) is 12.9. The van der Waals surface area contributed by atoms with Gasteiger partial charge in [0.25, 0.3) is 0 Å². The first-order chi connectivity index (χ1) is 10.1. The fourth-order valence-corrected chi connectivity index (χ4v) is 3.47. The van der Waals surface area contributed by atoms with Gasteiger partial charge in [0.2, 0.25) is 6.08 Å². The molecule has 3 heteroatoms. The zero-order valence-electron chi connectivity index (χ0n) is 12.9. The Labute approximate surface area is 126 Å². The minimum atomic E-state index is -0.405. The molecule has 3 rings (SSSR count). The second kappa shape index (κ2) is 5.65. The highest BCUT2D eigenvalue weighted by molar-refractivity contribution is 5.50. The predicted molar refractivity (Wildman–Crippen MR) is 82.4 cm³/mol. The molecule has 0 atom stereocenters. The lowest BCUT2D eigenvalue weighted by molar-refractivity contribution is 0.285. The van der Waals surface area contributed by atoms with Gasteiger partial charge in [-0.15, -0.1) is 0 Å². The van der Waals surface area contributed by atoms with Crippen molar-refractivity contribution in [3.63, 3.8) is 0 Å². The lowest BCUT2D eigenvalue weighted by Crippen LogP contribution is -2.21. The van der Waals surface area contributed by atoms with Crippen LogP contribution in [0.1, 0.15) is 55.2 Å². The monoisotopic (exact) mass is 285 g/mol. The Hall–Kier alpha value is -1.60. The van der Waals surface area contributed by atoms with Crippen LogP contribution >= 0.6 is 0 Å². The summed E-state index contributed by atoms with van der Waals surface area (Å²) in [6, 6.07) is 4.31. The zero-order chi connectivity index (χ0) is 14.9. The van der Waals surface area contributed by atoms with Crippen molar-refractivity contribution < 1.29 is 9.53 Å². The molecule has 2 aliphatic rings. The second-order valence-corrected chi connectivity index (χ2v) is 6.65. The second-order valence-electron chi connectivity index (χ2n) is 6.65. The van der Waals surface area contributed by atoms with E-state index in [0.717, 1.165) is 49.2 Å². The van der Waals surface area contributed by atoms with Crippen LogP contribution < -0.4 is 4.74 Å². The minimum Gasteiger partial charge on any atom is -0.493 e. The molecule has 0 radical (unpaired) electrons. The van der Waals surface area contributed by atoms with Crippen molar-refractivity contribution in [2.24, 2.45) is 10.9 Å². The molecular weight excluding hydrogens is 262 g/mol. The van der Waals surface area contributed by atoms with E-state index in [1.54, 1.807) is 0 Å². The Bertz CT molecular complexity index is 577. The minimum absolute atomic E-state index is 0.405. The quantitative estimate of drug-likeness (QED) is 0.601. The van der Waals surface area contributed by atoms with Gasteiger partial charge >= 0.3 is 0 Å². The number of ether oxygens (including phenoxy) is 1. The van der Waals surface area contributed by atoms with Gasteiger partial charge in [-0.05, 0) is 57.1 Å². The molecule has 0 heterocycles. The Morgan fingerprint density at radius 1 is 1.29 bits per heavy atom. The summed E-state index contributed by atoms with van der Waals surface area (Å²) in [5, 5.41) is 0. The van der Waals surface area contributed by atoms with Crippen LogP contribution in [-0.4, -0.2) is 12.7 Å². The van der Waals surface area contributed by atoms with Crippen LogP contribution in [0.2, 0.25) is 0 Å². The van der Waals surface area contributed by atoms with Crippen LogP contribution in [0, 0.1) is 19.8 Å². The third-order valence-electron chi connectivity index (χ3n) is 4.77. The Morgan fingerprint density at radius 2 is 2.00 bits per heavy atom. The molecule has 3 nitrogen and oxygen atoms in total. The molecule has 1 aromatic rings. The van der Waals surface area contributed by atoms with Crippen LogP contribution in [0.3, 0.4) is 0 Å². The third kappa shape index (κ3) is 2.89. The van der Waals surface area contributed by atoms with Crippen LogP contribution in [-0.2, 0) is 10.3 Å². The maximum absolute atomic E-state index is 11.0. The molecule has 2 fully saturated rings. The molecule has 0 aromatic heterocycles. The van der Waals surface area contributed by atoms with E-state index >= 15 is 0 Å². The summed E-state index contributed by atoms with van der Waals surface area (Å²) in [7, 11) is 0. The number of benzene rings is 1. The fraction of sp³-hybridized carbons (Fsp3) is 0.611. The fourth-order valence-electron chi connectivity index (χ4n) is 3.47. The molecule has 0 saturated heterocycles. The highest BCUT2D eigenvalue weighted by atomic mass is 16.5. The van der Waals surface area contributed by atoms with E-state index < -0.39 is 5.54 Å². The van der Waals surface area contributed by atoms with Gasteiger partial charge < -0.3 is 4.74 Å². The number of nitrogens with zero attached hydrogens (tertiary/aromatic N) is 1. The Balaban J connectivity index is 2.03. The van der Waals surface area contributed by atoms with Crippen LogP contribution in [0.5, 0.6) is 5.75 Å². The largest absolute Gasteiger partial charge is 0.493 e. The van der Waals surface area contributed by atoms with E-state index in [1.807, 2.05) is 6.08 Å². The first-order valence-corrected chi connectivity index (χ1v) is 7.98. The van der Waals surface area contributed by atoms with Crippen LogP contribution in [0.4, 0.5) is 0 Å². The third-order valence-corrected chi connectivity index (χ3v) is 4.77. The van der Waals surface area contributed by atoms with Crippen molar-refractivity contribution in [2.45, 2.75) is 57.9 Å². The molecule has 0 amide bonds. The van der Waals surface area contributed by atoms with Gasteiger partial charge in [-0.1, -0.05) is 24.5 Å². The number of hydrogen-bond acceptors (Lipinski definition) is 3. The number of hydrogen-bond donors (Lipinski definition) is 0. The Morgan fingerprint density at radius 3 is 2.62 bits per heavy atom. The van der Waals surface area contributed by atoms with E-state index in [4.69, 9.17) is 4.74 Å². The smallest absolute Gasteiger partial charge is 0.235 e. The van der Waals surface area contributed by atoms with Crippen LogP contribution in [0.15, 0.2) is 17.1 Å². The average molecular weight is 285 g/mol. The number of carbonyl (C=O) groups excluding carboxylic acids is 1. The number of aryl methyl sites for hydroxylation is 2. The summed E-state index contributed by atoms with van der Waals surface area (Å²) < 4.78 is 6.14. The summed E-state index contributed by atoms with van der Waals surface area (Å²) in [5.41, 5.74) is 3.05. The lowest BCUT2D eigenvalue weighted by atomic mass is 9.86. The van der Waals surface area contributed by atoms with E-state index in [0.29, 0.717) is 5.92 Å². The van der Waals surface area contributed by atoms with Crippen LogP contribution in [0.25, 0.3) is 0 Å². The van der Waals surface area contributed by atoms with Gasteiger partial charge in [0.05, 0.1) is 6.61 Å². The van der Waals surface area contributed by atoms with Crippen molar-refractivity contribution in [3.8, 4) is 5.75 Å². The van der Waals surface area contributed by atoms with Gasteiger partial charge in [-0.2, -0.15) is 4.99 Å². The summed E-state index contributed by atoms with van der Waals surface area (Å²) in [6.45, 7) is 4.97. The SMILES string of the molecule is Cc1cc(C)c(OCC2CC2)c(C2(N=C=O)CCCC2)c1. The molecule has 2 aliphatic carbocycles. The van der Waals surface area contributed by atoms with Crippen molar-refractivity contribution in [1.29, 1.82) is 0 Å². The van der Waals surface area contributed by atoms with E-state index in [2.05, 4.69) is 31.0 Å². The van der Waals surface area contributed by atoms with Crippen molar-refractivity contribution >= 4 is 6.08 Å². The normalized spacial score (nSPS) is 20.1. The van der Waals surface area contributed by atoms with Gasteiger partial charge in [-0.25, -0.2) is 4.79 Å². The van der Waals surface area contributed by atoms with Gasteiger partial charge in [0.15, 0.2) is 0 Å². The average Bonchev–Trinajstić information content (AvgIpc) is 3.15. The first kappa shape index (κ1) is 14.3. The maximum Gasteiger partial charge on any atom is 0.235 e. The summed E-state index contributed by atoms with van der Waals surface area (Å²) >= 11 is 0. The topological polar surface area (TPSA) is 38.7 Å². The number of isocyanates is 1. The van der Waals surface area contributed by atoms with Crippen molar-refractivity contribution in [1.82, 2.24) is 0 Å². The maximum atomic E-state index is 11.0. The summed E-state index contributed by atoms with van der Waals surface area (Å²) in [5.74, 6) is 1.67. The molecule has 0 unspecified atom stereocenters. The van der Waals surface area contributed by atoms with Crippen molar-refractivity contribution in [2.75, 3.05) is 6.61 Å². The number of rotatable bonds is 5. The predicted octanol–water partition coefficient (Wildman–Crippen LogP) is 4.20. The lowest BCUT2D eigenvalue weighted by Gasteiger charge is -2.27. The highest BCUT2D eigenvalue weighted by Crippen LogP contribution is 2.47.